The van der Waals surface area contributed by atoms with Gasteiger partial charge in [-0.1, -0.05) is 38.4 Å². The molecular formula is C20H21ClN4OS. The van der Waals surface area contributed by atoms with Gasteiger partial charge < -0.3 is 5.32 Å². The van der Waals surface area contributed by atoms with E-state index in [-0.39, 0.29) is 11.3 Å². The van der Waals surface area contributed by atoms with Gasteiger partial charge in [-0.15, -0.1) is 11.8 Å². The Morgan fingerprint density at radius 3 is 2.59 bits per heavy atom. The van der Waals surface area contributed by atoms with Crippen LogP contribution in [-0.4, -0.2) is 26.9 Å². The van der Waals surface area contributed by atoms with Crippen molar-refractivity contribution >= 4 is 35.1 Å². The molecule has 5 nitrogen and oxygen atoms in total. The molecular weight excluding hydrogens is 380 g/mol. The van der Waals surface area contributed by atoms with Gasteiger partial charge in [0.15, 0.2) is 5.82 Å². The minimum atomic E-state index is -0.284. The number of aromatic nitrogens is 3. The number of amides is 1. The van der Waals surface area contributed by atoms with Crippen molar-refractivity contribution in [1.29, 1.82) is 0 Å². The molecule has 0 bridgehead atoms. The normalized spacial score (nSPS) is 11.4. The van der Waals surface area contributed by atoms with Crippen molar-refractivity contribution in [2.45, 2.75) is 31.1 Å². The van der Waals surface area contributed by atoms with Crippen molar-refractivity contribution in [2.75, 3.05) is 11.6 Å². The summed E-state index contributed by atoms with van der Waals surface area (Å²) in [5, 5.41) is 8.00. The van der Waals surface area contributed by atoms with Crippen molar-refractivity contribution in [3.05, 3.63) is 64.9 Å². The lowest BCUT2D eigenvalue weighted by Gasteiger charge is -2.13. The summed E-state index contributed by atoms with van der Waals surface area (Å²) in [4.78, 5) is 18.2. The lowest BCUT2D eigenvalue weighted by Crippen LogP contribution is -2.16. The molecule has 0 fully saturated rings. The summed E-state index contributed by atoms with van der Waals surface area (Å²) in [6.07, 6.45) is 3.65. The molecule has 2 aromatic heterocycles. The number of nitrogens with zero attached hydrogens (tertiary/aromatic N) is 3. The van der Waals surface area contributed by atoms with E-state index in [4.69, 9.17) is 11.6 Å². The van der Waals surface area contributed by atoms with Gasteiger partial charge in [0, 0.05) is 22.6 Å². The number of hydrogen-bond acceptors (Lipinski definition) is 4. The molecule has 0 radical (unpaired) electrons. The van der Waals surface area contributed by atoms with Crippen LogP contribution in [0.25, 0.3) is 5.82 Å². The molecule has 0 atom stereocenters. The van der Waals surface area contributed by atoms with E-state index >= 15 is 0 Å². The number of anilines is 1. The highest BCUT2D eigenvalue weighted by Crippen LogP contribution is 2.28. The lowest BCUT2D eigenvalue weighted by molar-refractivity contribution is 0.102. The molecule has 0 aliphatic heterocycles. The van der Waals surface area contributed by atoms with Crippen LogP contribution in [-0.2, 0) is 5.41 Å². The first-order valence-electron chi connectivity index (χ1n) is 8.46. The van der Waals surface area contributed by atoms with Crippen molar-refractivity contribution in [1.82, 2.24) is 14.8 Å². The van der Waals surface area contributed by atoms with Crippen LogP contribution in [0.5, 0.6) is 0 Å². The van der Waals surface area contributed by atoms with Gasteiger partial charge in [-0.25, -0.2) is 4.98 Å². The molecule has 27 heavy (non-hydrogen) atoms. The molecule has 0 saturated heterocycles. The molecule has 0 spiro atoms. The van der Waals surface area contributed by atoms with Gasteiger partial charge in [-0.3, -0.25) is 4.79 Å². The highest BCUT2D eigenvalue weighted by Gasteiger charge is 2.22. The Balaban J connectivity index is 2.01. The van der Waals surface area contributed by atoms with Crippen LogP contribution in [0, 0.1) is 0 Å². The summed E-state index contributed by atoms with van der Waals surface area (Å²) in [5.74, 6) is 0.898. The predicted octanol–water partition coefficient (Wildman–Crippen LogP) is 5.19. The number of rotatable bonds is 4. The first-order chi connectivity index (χ1) is 12.8. The first-order valence-corrected chi connectivity index (χ1v) is 10.1. The molecule has 0 aliphatic rings. The van der Waals surface area contributed by atoms with Gasteiger partial charge in [0.1, 0.15) is 5.82 Å². The van der Waals surface area contributed by atoms with Crippen LogP contribution in [0.15, 0.2) is 53.6 Å². The minimum absolute atomic E-state index is 0.171. The SMILES string of the molecule is CSc1ccc(Cl)c(C(=O)Nc2cc(C(C)(C)C)nn2-c2ccccn2)c1. The fourth-order valence-corrected chi connectivity index (χ4v) is 3.12. The summed E-state index contributed by atoms with van der Waals surface area (Å²) >= 11 is 7.80. The van der Waals surface area contributed by atoms with Crippen molar-refractivity contribution in [2.24, 2.45) is 0 Å². The summed E-state index contributed by atoms with van der Waals surface area (Å²) in [6, 6.07) is 12.8. The van der Waals surface area contributed by atoms with E-state index in [1.54, 1.807) is 34.8 Å². The average molecular weight is 401 g/mol. The zero-order valence-electron chi connectivity index (χ0n) is 15.7. The van der Waals surface area contributed by atoms with Gasteiger partial charge in [-0.05, 0) is 36.6 Å². The molecule has 0 aliphatic carbocycles. The Kier molecular flexibility index (Phi) is 5.58. The molecule has 3 aromatic rings. The van der Waals surface area contributed by atoms with Crippen LogP contribution < -0.4 is 5.32 Å². The number of halogens is 1. The van der Waals surface area contributed by atoms with Gasteiger partial charge in [0.25, 0.3) is 5.91 Å². The zero-order chi connectivity index (χ0) is 19.6. The Bertz CT molecular complexity index is 964. The molecule has 1 amide bonds. The molecule has 3 rings (SSSR count). The molecule has 0 unspecified atom stereocenters. The van der Waals surface area contributed by atoms with Gasteiger partial charge in [0.2, 0.25) is 0 Å². The third-order valence-corrected chi connectivity index (χ3v) is 5.06. The number of thioether (sulfide) groups is 1. The van der Waals surface area contributed by atoms with Crippen LogP contribution in [0.1, 0.15) is 36.8 Å². The summed E-state index contributed by atoms with van der Waals surface area (Å²) < 4.78 is 1.64. The second kappa shape index (κ2) is 7.74. The van der Waals surface area contributed by atoms with Crippen molar-refractivity contribution in [3.63, 3.8) is 0 Å². The van der Waals surface area contributed by atoms with Crippen LogP contribution in [0.2, 0.25) is 5.02 Å². The quantitative estimate of drug-likeness (QED) is 0.612. The standard InChI is InChI=1S/C20H21ClN4OS/c1-20(2,3)16-12-18(25(24-16)17-7-5-6-10-22-17)23-19(26)14-11-13(27-4)8-9-15(14)21/h5-12H,1-4H3,(H,23,26). The number of carbonyl (C=O) groups is 1. The van der Waals surface area contributed by atoms with Crippen LogP contribution in [0.4, 0.5) is 5.82 Å². The van der Waals surface area contributed by atoms with E-state index in [0.29, 0.717) is 22.2 Å². The third kappa shape index (κ3) is 4.34. The average Bonchev–Trinajstić information content (AvgIpc) is 3.07. The second-order valence-corrected chi connectivity index (χ2v) is 8.35. The smallest absolute Gasteiger partial charge is 0.258 e. The fraction of sp³-hybridized carbons (Fsp3) is 0.250. The topological polar surface area (TPSA) is 59.8 Å². The van der Waals surface area contributed by atoms with Gasteiger partial charge >= 0.3 is 0 Å². The Morgan fingerprint density at radius 2 is 1.96 bits per heavy atom. The Morgan fingerprint density at radius 1 is 1.19 bits per heavy atom. The summed E-state index contributed by atoms with van der Waals surface area (Å²) in [7, 11) is 0. The minimum Gasteiger partial charge on any atom is -0.306 e. The first kappa shape index (κ1) is 19.5. The number of carbonyl (C=O) groups excluding carboxylic acids is 1. The van der Waals surface area contributed by atoms with Gasteiger partial charge in [0.05, 0.1) is 16.3 Å². The third-order valence-electron chi connectivity index (χ3n) is 4.00. The molecule has 0 saturated carbocycles. The molecule has 140 valence electrons. The monoisotopic (exact) mass is 400 g/mol. The van der Waals surface area contributed by atoms with Gasteiger partial charge in [-0.2, -0.15) is 9.78 Å². The predicted molar refractivity (Wildman–Crippen MR) is 111 cm³/mol. The molecule has 7 heteroatoms. The van der Waals surface area contributed by atoms with E-state index < -0.39 is 0 Å². The number of pyridine rings is 1. The number of hydrogen-bond donors (Lipinski definition) is 1. The highest BCUT2D eigenvalue weighted by molar-refractivity contribution is 7.98. The van der Waals surface area contributed by atoms with E-state index in [0.717, 1.165) is 10.6 Å². The maximum absolute atomic E-state index is 12.9. The second-order valence-electron chi connectivity index (χ2n) is 7.06. The molecule has 2 heterocycles. The highest BCUT2D eigenvalue weighted by atomic mass is 35.5. The van der Waals surface area contributed by atoms with E-state index in [1.807, 2.05) is 36.6 Å². The number of nitrogens with one attached hydrogen (secondary N) is 1. The Labute approximate surface area is 168 Å². The fourth-order valence-electron chi connectivity index (χ4n) is 2.48. The van der Waals surface area contributed by atoms with E-state index in [1.165, 1.54) is 0 Å². The maximum Gasteiger partial charge on any atom is 0.258 e. The van der Waals surface area contributed by atoms with Crippen LogP contribution >= 0.6 is 23.4 Å². The van der Waals surface area contributed by atoms with Crippen LogP contribution in [0.3, 0.4) is 0 Å². The zero-order valence-corrected chi connectivity index (χ0v) is 17.2. The lowest BCUT2D eigenvalue weighted by atomic mass is 9.92. The summed E-state index contributed by atoms with van der Waals surface area (Å²) in [5.41, 5.74) is 1.11. The maximum atomic E-state index is 12.9. The van der Waals surface area contributed by atoms with Crippen molar-refractivity contribution in [3.8, 4) is 5.82 Å². The summed E-state index contributed by atoms with van der Waals surface area (Å²) in [6.45, 7) is 6.22. The van der Waals surface area contributed by atoms with E-state index in [9.17, 15) is 4.79 Å². The van der Waals surface area contributed by atoms with Crippen molar-refractivity contribution < 1.29 is 4.79 Å². The Hall–Kier alpha value is -2.31. The largest absolute Gasteiger partial charge is 0.306 e. The molecule has 1 aromatic carbocycles. The van der Waals surface area contributed by atoms with E-state index in [2.05, 4.69) is 36.2 Å². The molecule has 1 N–H and O–H groups in total. The number of benzene rings is 1.